The van der Waals surface area contributed by atoms with E-state index in [0.29, 0.717) is 23.9 Å². The minimum absolute atomic E-state index is 0.0777. The minimum atomic E-state index is -0.225. The van der Waals surface area contributed by atoms with Gasteiger partial charge >= 0.3 is 0 Å². The summed E-state index contributed by atoms with van der Waals surface area (Å²) in [5, 5.41) is 7.89. The van der Waals surface area contributed by atoms with Crippen LogP contribution in [0.4, 0.5) is 5.13 Å². The summed E-state index contributed by atoms with van der Waals surface area (Å²) in [5.41, 5.74) is 2.64. The highest BCUT2D eigenvalue weighted by molar-refractivity contribution is 7.13. The summed E-state index contributed by atoms with van der Waals surface area (Å²) < 4.78 is 0. The van der Waals surface area contributed by atoms with Crippen LogP contribution in [0.1, 0.15) is 28.9 Å². The molecule has 8 heteroatoms. The average Bonchev–Trinajstić information content (AvgIpc) is 3.40. The van der Waals surface area contributed by atoms with Gasteiger partial charge in [0, 0.05) is 35.6 Å². The number of carbonyl (C=O) groups is 2. The molecule has 2 amide bonds. The van der Waals surface area contributed by atoms with E-state index in [1.807, 2.05) is 36.6 Å². The number of amides is 2. The predicted molar refractivity (Wildman–Crippen MR) is 112 cm³/mol. The fourth-order valence-corrected chi connectivity index (χ4v) is 4.56. The molecule has 0 spiro atoms. The molecule has 0 aliphatic carbocycles. The van der Waals surface area contributed by atoms with Crippen molar-refractivity contribution < 1.29 is 9.59 Å². The van der Waals surface area contributed by atoms with Crippen molar-refractivity contribution >= 4 is 39.6 Å². The van der Waals surface area contributed by atoms with Crippen LogP contribution in [0.5, 0.6) is 0 Å². The molecule has 0 saturated carbocycles. The second-order valence-electron chi connectivity index (χ2n) is 6.82. The van der Waals surface area contributed by atoms with Crippen LogP contribution in [0, 0.1) is 12.8 Å². The molecule has 144 valence electrons. The Morgan fingerprint density at radius 2 is 2.04 bits per heavy atom. The molecule has 4 rings (SSSR count). The lowest BCUT2D eigenvalue weighted by atomic mass is 9.97. The molecule has 1 aliphatic rings. The number of rotatable bonds is 4. The maximum atomic E-state index is 12.9. The van der Waals surface area contributed by atoms with Crippen LogP contribution in [-0.2, 0) is 4.79 Å². The van der Waals surface area contributed by atoms with E-state index in [2.05, 4.69) is 15.3 Å². The minimum Gasteiger partial charge on any atom is -0.336 e. The first-order valence-electron chi connectivity index (χ1n) is 9.12. The fraction of sp³-hybridized carbons (Fsp3) is 0.300. The van der Waals surface area contributed by atoms with Crippen LogP contribution in [-0.4, -0.2) is 39.8 Å². The lowest BCUT2D eigenvalue weighted by Crippen LogP contribution is -2.43. The molecular weight excluding hydrogens is 392 g/mol. The molecule has 0 bridgehead atoms. The zero-order valence-electron chi connectivity index (χ0n) is 15.4. The van der Waals surface area contributed by atoms with E-state index in [0.717, 1.165) is 23.4 Å². The van der Waals surface area contributed by atoms with Crippen molar-refractivity contribution in [3.63, 3.8) is 0 Å². The third-order valence-electron chi connectivity index (χ3n) is 4.76. The number of likely N-dealkylation sites (tertiary alicyclic amines) is 1. The molecule has 1 N–H and O–H groups in total. The topological polar surface area (TPSA) is 75.2 Å². The number of aryl methyl sites for hydroxylation is 1. The van der Waals surface area contributed by atoms with Gasteiger partial charge in [0.2, 0.25) is 5.91 Å². The first-order valence-corrected chi connectivity index (χ1v) is 10.9. The normalized spacial score (nSPS) is 16.8. The number of nitrogens with zero attached hydrogens (tertiary/aromatic N) is 3. The molecule has 1 atom stereocenters. The molecule has 1 saturated heterocycles. The average molecular weight is 413 g/mol. The third kappa shape index (κ3) is 4.13. The number of hydrogen-bond donors (Lipinski definition) is 1. The largest absolute Gasteiger partial charge is 0.336 e. The Morgan fingerprint density at radius 1 is 1.21 bits per heavy atom. The molecule has 3 aromatic rings. The summed E-state index contributed by atoms with van der Waals surface area (Å²) in [6, 6.07) is 8.10. The highest BCUT2D eigenvalue weighted by atomic mass is 32.1. The third-order valence-corrected chi connectivity index (χ3v) is 6.34. The maximum absolute atomic E-state index is 12.9. The summed E-state index contributed by atoms with van der Waals surface area (Å²) in [4.78, 5) is 35.8. The maximum Gasteiger partial charge on any atom is 0.273 e. The van der Waals surface area contributed by atoms with Crippen molar-refractivity contribution in [2.45, 2.75) is 19.8 Å². The van der Waals surface area contributed by atoms with Crippen LogP contribution >= 0.6 is 22.7 Å². The monoisotopic (exact) mass is 412 g/mol. The van der Waals surface area contributed by atoms with Crippen molar-refractivity contribution in [3.05, 3.63) is 52.5 Å². The van der Waals surface area contributed by atoms with Gasteiger partial charge in [-0.25, -0.2) is 9.97 Å². The Labute approximate surface area is 171 Å². The Hall–Kier alpha value is -2.58. The van der Waals surface area contributed by atoms with Gasteiger partial charge in [-0.3, -0.25) is 9.59 Å². The van der Waals surface area contributed by atoms with Crippen molar-refractivity contribution in [1.82, 2.24) is 14.9 Å². The van der Waals surface area contributed by atoms with E-state index < -0.39 is 0 Å². The highest BCUT2D eigenvalue weighted by Gasteiger charge is 2.30. The number of thiazole rings is 2. The van der Waals surface area contributed by atoms with Crippen LogP contribution in [0.25, 0.3) is 10.6 Å². The van der Waals surface area contributed by atoms with Crippen LogP contribution in [0.3, 0.4) is 0 Å². The Balaban J connectivity index is 1.43. The number of nitrogens with one attached hydrogen (secondary N) is 1. The summed E-state index contributed by atoms with van der Waals surface area (Å²) in [6.07, 6.45) is 3.23. The SMILES string of the molecule is Cc1ccc(-c2nc(C(=O)N3CCCC(C(=O)Nc4nccs4)C3)cs2)cc1. The van der Waals surface area contributed by atoms with E-state index in [1.54, 1.807) is 16.5 Å². The number of hydrogen-bond acceptors (Lipinski definition) is 6. The Morgan fingerprint density at radius 3 is 2.79 bits per heavy atom. The van der Waals surface area contributed by atoms with Gasteiger partial charge in [0.05, 0.1) is 5.92 Å². The van der Waals surface area contributed by atoms with Gasteiger partial charge < -0.3 is 10.2 Å². The van der Waals surface area contributed by atoms with Gasteiger partial charge in [0.25, 0.3) is 5.91 Å². The first-order chi connectivity index (χ1) is 13.6. The number of anilines is 1. The van der Waals surface area contributed by atoms with Gasteiger partial charge in [-0.15, -0.1) is 22.7 Å². The molecule has 0 radical (unpaired) electrons. The summed E-state index contributed by atoms with van der Waals surface area (Å²) >= 11 is 2.85. The van der Waals surface area contributed by atoms with Crippen LogP contribution in [0.15, 0.2) is 41.2 Å². The predicted octanol–water partition coefficient (Wildman–Crippen LogP) is 4.07. The van der Waals surface area contributed by atoms with Crippen molar-refractivity contribution in [1.29, 1.82) is 0 Å². The lowest BCUT2D eigenvalue weighted by Gasteiger charge is -2.31. The molecule has 3 heterocycles. The Kier molecular flexibility index (Phi) is 5.50. The zero-order chi connectivity index (χ0) is 19.5. The molecule has 1 aromatic carbocycles. The molecule has 2 aromatic heterocycles. The second-order valence-corrected chi connectivity index (χ2v) is 8.57. The lowest BCUT2D eigenvalue weighted by molar-refractivity contribution is -0.121. The quantitative estimate of drug-likeness (QED) is 0.701. The van der Waals surface area contributed by atoms with Crippen LogP contribution in [0.2, 0.25) is 0 Å². The summed E-state index contributed by atoms with van der Waals surface area (Å²) in [5.74, 6) is -0.413. The second kappa shape index (κ2) is 8.20. The van der Waals surface area contributed by atoms with E-state index in [4.69, 9.17) is 0 Å². The number of aromatic nitrogens is 2. The summed E-state index contributed by atoms with van der Waals surface area (Å²) in [6.45, 7) is 3.10. The molecule has 28 heavy (non-hydrogen) atoms. The number of benzene rings is 1. The standard InChI is InChI=1S/C20H20N4O2S2/c1-13-4-6-14(7-5-13)18-22-16(12-28-18)19(26)24-9-2-3-15(11-24)17(25)23-20-21-8-10-27-20/h4-8,10,12,15H,2-3,9,11H2,1H3,(H,21,23,25). The summed E-state index contributed by atoms with van der Waals surface area (Å²) in [7, 11) is 0. The van der Waals surface area contributed by atoms with Gasteiger partial charge in [-0.05, 0) is 19.8 Å². The van der Waals surface area contributed by atoms with Gasteiger partial charge in [0.15, 0.2) is 5.13 Å². The van der Waals surface area contributed by atoms with Gasteiger partial charge in [-0.2, -0.15) is 0 Å². The molecular formula is C20H20N4O2S2. The van der Waals surface area contributed by atoms with Gasteiger partial charge in [0.1, 0.15) is 10.7 Å². The van der Waals surface area contributed by atoms with E-state index >= 15 is 0 Å². The first kappa shape index (κ1) is 18.8. The van der Waals surface area contributed by atoms with Crippen molar-refractivity contribution in [3.8, 4) is 10.6 Å². The van der Waals surface area contributed by atoms with E-state index in [-0.39, 0.29) is 17.7 Å². The smallest absolute Gasteiger partial charge is 0.273 e. The van der Waals surface area contributed by atoms with Crippen LogP contribution < -0.4 is 5.32 Å². The molecule has 6 nitrogen and oxygen atoms in total. The fourth-order valence-electron chi connectivity index (χ4n) is 3.23. The Bertz CT molecular complexity index is 967. The number of carbonyl (C=O) groups excluding carboxylic acids is 2. The highest BCUT2D eigenvalue weighted by Crippen LogP contribution is 2.26. The molecule has 1 aliphatic heterocycles. The van der Waals surface area contributed by atoms with E-state index in [9.17, 15) is 9.59 Å². The van der Waals surface area contributed by atoms with Crippen molar-refractivity contribution in [2.75, 3.05) is 18.4 Å². The zero-order valence-corrected chi connectivity index (χ0v) is 17.1. The van der Waals surface area contributed by atoms with Gasteiger partial charge in [-0.1, -0.05) is 29.8 Å². The molecule has 1 unspecified atom stereocenters. The van der Waals surface area contributed by atoms with E-state index in [1.165, 1.54) is 28.2 Å². The number of piperidine rings is 1. The van der Waals surface area contributed by atoms with Crippen molar-refractivity contribution in [2.24, 2.45) is 5.92 Å². The molecule has 1 fully saturated rings.